The molecule has 2 heteroatoms. The minimum atomic E-state index is -0.308. The molecule has 0 saturated heterocycles. The van der Waals surface area contributed by atoms with Gasteiger partial charge in [0.15, 0.2) is 0 Å². The van der Waals surface area contributed by atoms with E-state index in [0.29, 0.717) is 0 Å². The summed E-state index contributed by atoms with van der Waals surface area (Å²) in [5.74, 6) is 0.273. The van der Waals surface area contributed by atoms with Crippen LogP contribution in [-0.4, -0.2) is 22.9 Å². The Morgan fingerprint density at radius 3 is 2.00 bits per heavy atom. The van der Waals surface area contributed by atoms with Gasteiger partial charge in [0.2, 0.25) is 0 Å². The zero-order valence-electron chi connectivity index (χ0n) is 6.67. The Labute approximate surface area is 61.9 Å². The fraction of sp³-hybridized carbons (Fsp3) is 1.00. The summed E-state index contributed by atoms with van der Waals surface area (Å²) in [6.45, 7) is 4.12. The molecule has 1 aliphatic rings. The first-order valence-corrected chi connectivity index (χ1v) is 3.91. The Bertz CT molecular complexity index is 116. The van der Waals surface area contributed by atoms with Crippen LogP contribution in [0.2, 0.25) is 0 Å². The van der Waals surface area contributed by atoms with Gasteiger partial charge in [-0.3, -0.25) is 0 Å². The molecular formula is C8H16O2. The van der Waals surface area contributed by atoms with Gasteiger partial charge in [-0.05, 0) is 18.8 Å². The number of hydrogen-bond acceptors (Lipinski definition) is 2. The molecule has 1 atom stereocenters. The molecule has 0 unspecified atom stereocenters. The average molecular weight is 144 g/mol. The van der Waals surface area contributed by atoms with Crippen LogP contribution < -0.4 is 0 Å². The maximum Gasteiger partial charge on any atom is 0.0641 e. The van der Waals surface area contributed by atoms with Gasteiger partial charge in [0, 0.05) is 5.41 Å². The highest BCUT2D eigenvalue weighted by Crippen LogP contribution is 2.50. The van der Waals surface area contributed by atoms with Crippen molar-refractivity contribution in [1.82, 2.24) is 0 Å². The molecule has 2 nitrogen and oxygen atoms in total. The molecule has 60 valence electrons. The average Bonchev–Trinajstić information content (AvgIpc) is 2.66. The van der Waals surface area contributed by atoms with Crippen LogP contribution >= 0.6 is 0 Å². The molecular weight excluding hydrogens is 128 g/mol. The SMILES string of the molecule is CC(C)[C@@H](O)C1(CO)CC1. The molecule has 0 radical (unpaired) electrons. The second kappa shape index (κ2) is 2.51. The van der Waals surface area contributed by atoms with Crippen molar-refractivity contribution in [3.05, 3.63) is 0 Å². The molecule has 1 fully saturated rings. The summed E-state index contributed by atoms with van der Waals surface area (Å²) in [5.41, 5.74) is -0.117. The van der Waals surface area contributed by atoms with Gasteiger partial charge in [0.25, 0.3) is 0 Å². The lowest BCUT2D eigenvalue weighted by Crippen LogP contribution is -2.30. The Hall–Kier alpha value is -0.0800. The van der Waals surface area contributed by atoms with E-state index in [1.165, 1.54) is 0 Å². The number of aliphatic hydroxyl groups is 2. The molecule has 0 aliphatic heterocycles. The monoisotopic (exact) mass is 144 g/mol. The van der Waals surface area contributed by atoms with Gasteiger partial charge in [-0.15, -0.1) is 0 Å². The fourth-order valence-corrected chi connectivity index (χ4v) is 1.42. The predicted octanol–water partition coefficient (Wildman–Crippen LogP) is 0.776. The van der Waals surface area contributed by atoms with E-state index in [0.717, 1.165) is 12.8 Å². The summed E-state index contributed by atoms with van der Waals surface area (Å²) in [6.07, 6.45) is 1.67. The lowest BCUT2D eigenvalue weighted by atomic mass is 9.91. The summed E-state index contributed by atoms with van der Waals surface area (Å²) < 4.78 is 0. The van der Waals surface area contributed by atoms with E-state index in [-0.39, 0.29) is 24.0 Å². The molecule has 0 bridgehead atoms. The topological polar surface area (TPSA) is 40.5 Å². The van der Waals surface area contributed by atoms with Crippen LogP contribution in [0, 0.1) is 11.3 Å². The van der Waals surface area contributed by atoms with E-state index >= 15 is 0 Å². The van der Waals surface area contributed by atoms with Crippen molar-refractivity contribution < 1.29 is 10.2 Å². The van der Waals surface area contributed by atoms with Crippen molar-refractivity contribution in [3.63, 3.8) is 0 Å². The van der Waals surface area contributed by atoms with Crippen molar-refractivity contribution in [2.75, 3.05) is 6.61 Å². The smallest absolute Gasteiger partial charge is 0.0641 e. The fourth-order valence-electron chi connectivity index (χ4n) is 1.42. The molecule has 1 saturated carbocycles. The van der Waals surface area contributed by atoms with E-state index in [4.69, 9.17) is 5.11 Å². The third-order valence-electron chi connectivity index (χ3n) is 2.47. The Morgan fingerprint density at radius 2 is 1.90 bits per heavy atom. The van der Waals surface area contributed by atoms with Crippen LogP contribution in [0.3, 0.4) is 0 Å². The third kappa shape index (κ3) is 1.18. The van der Waals surface area contributed by atoms with Gasteiger partial charge < -0.3 is 10.2 Å². The molecule has 10 heavy (non-hydrogen) atoms. The molecule has 2 N–H and O–H groups in total. The predicted molar refractivity (Wildman–Crippen MR) is 39.6 cm³/mol. The van der Waals surface area contributed by atoms with Crippen molar-refractivity contribution >= 4 is 0 Å². The molecule has 0 heterocycles. The van der Waals surface area contributed by atoms with E-state index in [1.807, 2.05) is 13.8 Å². The number of aliphatic hydroxyl groups excluding tert-OH is 2. The van der Waals surface area contributed by atoms with Crippen LogP contribution in [-0.2, 0) is 0 Å². The highest BCUT2D eigenvalue weighted by Gasteiger charge is 2.49. The summed E-state index contributed by atoms with van der Waals surface area (Å²) in [7, 11) is 0. The zero-order valence-corrected chi connectivity index (χ0v) is 6.67. The second-order valence-corrected chi connectivity index (χ2v) is 3.71. The van der Waals surface area contributed by atoms with Crippen molar-refractivity contribution in [3.8, 4) is 0 Å². The third-order valence-corrected chi connectivity index (χ3v) is 2.47. The molecule has 0 aromatic heterocycles. The van der Waals surface area contributed by atoms with Gasteiger partial charge in [0.1, 0.15) is 0 Å². The van der Waals surface area contributed by atoms with E-state index in [9.17, 15) is 5.11 Å². The van der Waals surface area contributed by atoms with Crippen LogP contribution in [0.25, 0.3) is 0 Å². The summed E-state index contributed by atoms with van der Waals surface area (Å²) in [5, 5.41) is 18.5. The molecule has 0 aromatic rings. The minimum absolute atomic E-state index is 0.117. The van der Waals surface area contributed by atoms with Crippen LogP contribution in [0.15, 0.2) is 0 Å². The number of hydrogen-bond donors (Lipinski definition) is 2. The first-order chi connectivity index (χ1) is 4.62. The second-order valence-electron chi connectivity index (χ2n) is 3.71. The van der Waals surface area contributed by atoms with Crippen molar-refractivity contribution in [2.45, 2.75) is 32.8 Å². The maximum atomic E-state index is 9.56. The molecule has 0 amide bonds. The lowest BCUT2D eigenvalue weighted by molar-refractivity contribution is 0.0184. The van der Waals surface area contributed by atoms with Crippen LogP contribution in [0.4, 0.5) is 0 Å². The Morgan fingerprint density at radius 1 is 1.40 bits per heavy atom. The summed E-state index contributed by atoms with van der Waals surface area (Å²) in [4.78, 5) is 0. The van der Waals surface area contributed by atoms with Crippen LogP contribution in [0.1, 0.15) is 26.7 Å². The Kier molecular flexibility index (Phi) is 2.02. The van der Waals surface area contributed by atoms with Gasteiger partial charge in [-0.1, -0.05) is 13.8 Å². The largest absolute Gasteiger partial charge is 0.396 e. The molecule has 0 spiro atoms. The van der Waals surface area contributed by atoms with Gasteiger partial charge in [0.05, 0.1) is 12.7 Å². The lowest BCUT2D eigenvalue weighted by Gasteiger charge is -2.22. The first-order valence-electron chi connectivity index (χ1n) is 3.91. The van der Waals surface area contributed by atoms with E-state index in [2.05, 4.69) is 0 Å². The van der Waals surface area contributed by atoms with Gasteiger partial charge >= 0.3 is 0 Å². The van der Waals surface area contributed by atoms with Gasteiger partial charge in [-0.25, -0.2) is 0 Å². The van der Waals surface area contributed by atoms with E-state index in [1.54, 1.807) is 0 Å². The Balaban J connectivity index is 2.47. The quantitative estimate of drug-likeness (QED) is 0.614. The highest BCUT2D eigenvalue weighted by atomic mass is 16.3. The summed E-state index contributed by atoms with van der Waals surface area (Å²) >= 11 is 0. The molecule has 0 aromatic carbocycles. The summed E-state index contributed by atoms with van der Waals surface area (Å²) in [6, 6.07) is 0. The molecule has 1 aliphatic carbocycles. The zero-order chi connectivity index (χ0) is 7.78. The maximum absolute atomic E-state index is 9.56. The number of rotatable bonds is 3. The normalized spacial score (nSPS) is 24.9. The van der Waals surface area contributed by atoms with E-state index < -0.39 is 0 Å². The molecule has 1 rings (SSSR count). The standard InChI is InChI=1S/C8H16O2/c1-6(2)7(10)8(5-9)3-4-8/h6-7,9-10H,3-5H2,1-2H3/t7-/m1/s1. The van der Waals surface area contributed by atoms with Crippen molar-refractivity contribution in [2.24, 2.45) is 11.3 Å². The first kappa shape index (κ1) is 8.02. The van der Waals surface area contributed by atoms with Crippen LogP contribution in [0.5, 0.6) is 0 Å². The van der Waals surface area contributed by atoms with Gasteiger partial charge in [-0.2, -0.15) is 0 Å². The van der Waals surface area contributed by atoms with Crippen molar-refractivity contribution in [1.29, 1.82) is 0 Å². The minimum Gasteiger partial charge on any atom is -0.396 e. The highest BCUT2D eigenvalue weighted by molar-refractivity contribution is 4.99.